The van der Waals surface area contributed by atoms with Crippen molar-refractivity contribution in [2.75, 3.05) is 6.61 Å². The molecule has 3 rings (SSSR count). The van der Waals surface area contributed by atoms with Gasteiger partial charge in [0.25, 0.3) is 5.91 Å². The summed E-state index contributed by atoms with van der Waals surface area (Å²) in [6, 6.07) is 13.2. The Morgan fingerprint density at radius 3 is 2.89 bits per heavy atom. The van der Waals surface area contributed by atoms with Crippen molar-refractivity contribution in [1.82, 2.24) is 15.6 Å². The van der Waals surface area contributed by atoms with Crippen LogP contribution in [0.5, 0.6) is 5.75 Å². The van der Waals surface area contributed by atoms with Crippen molar-refractivity contribution in [2.24, 2.45) is 5.10 Å². The van der Waals surface area contributed by atoms with Gasteiger partial charge in [-0.3, -0.25) is 9.89 Å². The van der Waals surface area contributed by atoms with Crippen LogP contribution in [0, 0.1) is 0 Å². The first-order chi connectivity index (χ1) is 13.3. The van der Waals surface area contributed by atoms with E-state index >= 15 is 0 Å². The van der Waals surface area contributed by atoms with Gasteiger partial charge in [-0.2, -0.15) is 10.2 Å². The number of H-pyrrole nitrogens is 1. The molecular formula is C20H22N4O2S. The van der Waals surface area contributed by atoms with Crippen LogP contribution in [0.4, 0.5) is 0 Å². The molecule has 1 aromatic carbocycles. The minimum Gasteiger partial charge on any atom is -0.494 e. The highest BCUT2D eigenvalue weighted by atomic mass is 32.1. The fourth-order valence-corrected chi connectivity index (χ4v) is 3.10. The summed E-state index contributed by atoms with van der Waals surface area (Å²) in [5, 5.41) is 12.9. The Bertz CT molecular complexity index is 870. The summed E-state index contributed by atoms with van der Waals surface area (Å²) in [4.78, 5) is 13.1. The normalized spacial score (nSPS) is 11.0. The minimum atomic E-state index is -0.360. The van der Waals surface area contributed by atoms with Crippen LogP contribution in [-0.2, 0) is 0 Å². The number of carbonyl (C=O) groups is 1. The third-order valence-corrected chi connectivity index (χ3v) is 4.78. The lowest BCUT2D eigenvalue weighted by Crippen LogP contribution is -2.17. The van der Waals surface area contributed by atoms with Crippen molar-refractivity contribution >= 4 is 23.5 Å². The molecule has 1 amide bonds. The quantitative estimate of drug-likeness (QED) is 0.325. The van der Waals surface area contributed by atoms with Gasteiger partial charge >= 0.3 is 0 Å². The molecule has 2 aromatic heterocycles. The summed E-state index contributed by atoms with van der Waals surface area (Å²) < 4.78 is 5.67. The molecule has 0 bridgehead atoms. The molecule has 0 spiro atoms. The summed E-state index contributed by atoms with van der Waals surface area (Å²) >= 11 is 1.58. The smallest absolute Gasteiger partial charge is 0.291 e. The van der Waals surface area contributed by atoms with Gasteiger partial charge in [0.1, 0.15) is 5.75 Å². The molecule has 0 unspecified atom stereocenters. The number of thiophene rings is 1. The molecule has 3 aromatic rings. The van der Waals surface area contributed by atoms with Gasteiger partial charge < -0.3 is 4.74 Å². The van der Waals surface area contributed by atoms with E-state index in [0.717, 1.165) is 34.9 Å². The van der Waals surface area contributed by atoms with Crippen LogP contribution >= 0.6 is 11.3 Å². The number of nitrogens with zero attached hydrogens (tertiary/aromatic N) is 2. The van der Waals surface area contributed by atoms with Crippen molar-refractivity contribution in [3.63, 3.8) is 0 Å². The predicted molar refractivity (Wildman–Crippen MR) is 108 cm³/mol. The lowest BCUT2D eigenvalue weighted by Gasteiger charge is -2.05. The first-order valence-corrected chi connectivity index (χ1v) is 9.80. The molecule has 0 aliphatic carbocycles. The van der Waals surface area contributed by atoms with Gasteiger partial charge in [0.15, 0.2) is 5.69 Å². The Kier molecular flexibility index (Phi) is 6.76. The Labute approximate surface area is 162 Å². The second kappa shape index (κ2) is 9.68. The SMILES string of the molecule is CCCCCOc1ccc(C=NNC(=O)c2cc(-c3cccs3)[nH]n2)cc1. The summed E-state index contributed by atoms with van der Waals surface area (Å²) in [5.41, 5.74) is 4.47. The van der Waals surface area contributed by atoms with Gasteiger partial charge in [-0.25, -0.2) is 5.43 Å². The average molecular weight is 382 g/mol. The number of carbonyl (C=O) groups excluding carboxylic acids is 1. The number of aromatic nitrogens is 2. The largest absolute Gasteiger partial charge is 0.494 e. The number of ether oxygens (including phenoxy) is 1. The molecule has 27 heavy (non-hydrogen) atoms. The van der Waals surface area contributed by atoms with Crippen molar-refractivity contribution in [1.29, 1.82) is 0 Å². The summed E-state index contributed by atoms with van der Waals surface area (Å²) in [7, 11) is 0. The summed E-state index contributed by atoms with van der Waals surface area (Å²) in [6.07, 6.45) is 5.01. The fourth-order valence-electron chi connectivity index (χ4n) is 2.41. The fraction of sp³-hybridized carbons (Fsp3) is 0.250. The molecular weight excluding hydrogens is 360 g/mol. The van der Waals surface area contributed by atoms with E-state index in [4.69, 9.17) is 4.74 Å². The summed E-state index contributed by atoms with van der Waals surface area (Å²) in [6.45, 7) is 2.90. The molecule has 0 radical (unpaired) electrons. The first kappa shape index (κ1) is 18.8. The number of amides is 1. The molecule has 7 heteroatoms. The molecule has 0 atom stereocenters. The molecule has 0 saturated heterocycles. The molecule has 0 aliphatic heterocycles. The maximum absolute atomic E-state index is 12.1. The van der Waals surface area contributed by atoms with E-state index < -0.39 is 0 Å². The predicted octanol–water partition coefficient (Wildman–Crippen LogP) is 4.47. The number of unbranched alkanes of at least 4 members (excludes halogenated alkanes) is 2. The Balaban J connectivity index is 1.49. The van der Waals surface area contributed by atoms with Gasteiger partial charge in [-0.05, 0) is 53.8 Å². The minimum absolute atomic E-state index is 0.298. The number of hydrogen-bond donors (Lipinski definition) is 2. The van der Waals surface area contributed by atoms with Crippen molar-refractivity contribution in [3.05, 3.63) is 59.1 Å². The number of nitrogens with one attached hydrogen (secondary N) is 2. The van der Waals surface area contributed by atoms with Crippen molar-refractivity contribution in [3.8, 4) is 16.3 Å². The maximum atomic E-state index is 12.1. The lowest BCUT2D eigenvalue weighted by atomic mass is 10.2. The van der Waals surface area contributed by atoms with E-state index in [-0.39, 0.29) is 5.91 Å². The van der Waals surface area contributed by atoms with Crippen molar-refractivity contribution in [2.45, 2.75) is 26.2 Å². The topological polar surface area (TPSA) is 79.4 Å². The number of rotatable bonds is 9. The molecule has 140 valence electrons. The van der Waals surface area contributed by atoms with Gasteiger partial charge in [0.05, 0.1) is 23.4 Å². The highest BCUT2D eigenvalue weighted by molar-refractivity contribution is 7.13. The molecule has 0 aliphatic rings. The zero-order chi connectivity index (χ0) is 18.9. The van der Waals surface area contributed by atoms with Gasteiger partial charge in [-0.1, -0.05) is 25.8 Å². The van der Waals surface area contributed by atoms with Crippen LogP contribution in [0.25, 0.3) is 10.6 Å². The number of hydrogen-bond acceptors (Lipinski definition) is 5. The van der Waals surface area contributed by atoms with Crippen molar-refractivity contribution < 1.29 is 9.53 Å². The molecule has 0 fully saturated rings. The maximum Gasteiger partial charge on any atom is 0.291 e. The molecule has 2 heterocycles. The monoisotopic (exact) mass is 382 g/mol. The second-order valence-corrected chi connectivity index (χ2v) is 6.92. The van der Waals surface area contributed by atoms with Crippen LogP contribution in [0.1, 0.15) is 42.2 Å². The lowest BCUT2D eigenvalue weighted by molar-refractivity contribution is 0.0950. The number of hydrazone groups is 1. The Morgan fingerprint density at radius 1 is 1.30 bits per heavy atom. The average Bonchev–Trinajstić information content (AvgIpc) is 3.37. The zero-order valence-corrected chi connectivity index (χ0v) is 16.0. The molecule has 0 saturated carbocycles. The third-order valence-electron chi connectivity index (χ3n) is 3.87. The first-order valence-electron chi connectivity index (χ1n) is 8.92. The summed E-state index contributed by atoms with van der Waals surface area (Å²) in [5.74, 6) is 0.478. The van der Waals surface area contributed by atoms with Crippen LogP contribution in [-0.4, -0.2) is 28.9 Å². The van der Waals surface area contributed by atoms with Gasteiger partial charge in [-0.15, -0.1) is 11.3 Å². The Hall–Kier alpha value is -2.93. The highest BCUT2D eigenvalue weighted by Crippen LogP contribution is 2.22. The Morgan fingerprint density at radius 2 is 2.15 bits per heavy atom. The van der Waals surface area contributed by atoms with Crippen LogP contribution in [0.3, 0.4) is 0 Å². The van der Waals surface area contributed by atoms with E-state index in [2.05, 4.69) is 27.6 Å². The van der Waals surface area contributed by atoms with Crippen LogP contribution in [0.15, 0.2) is 52.9 Å². The van der Waals surface area contributed by atoms with E-state index in [1.54, 1.807) is 23.6 Å². The van der Waals surface area contributed by atoms with Crippen LogP contribution in [0.2, 0.25) is 0 Å². The van der Waals surface area contributed by atoms with E-state index in [1.165, 1.54) is 12.8 Å². The number of aromatic amines is 1. The highest BCUT2D eigenvalue weighted by Gasteiger charge is 2.11. The standard InChI is InChI=1S/C20H22N4O2S/c1-2-3-4-11-26-16-9-7-15(8-10-16)14-21-24-20(25)18-13-17(22-23-18)19-6-5-12-27-19/h5-10,12-14H,2-4,11H2,1H3,(H,22,23)(H,24,25). The van der Waals surface area contributed by atoms with E-state index in [9.17, 15) is 4.79 Å². The van der Waals surface area contributed by atoms with E-state index in [0.29, 0.717) is 5.69 Å². The number of benzene rings is 1. The third kappa shape index (κ3) is 5.52. The van der Waals surface area contributed by atoms with Crippen LogP contribution < -0.4 is 10.2 Å². The van der Waals surface area contributed by atoms with E-state index in [1.807, 2.05) is 41.8 Å². The van der Waals surface area contributed by atoms with Gasteiger partial charge in [0.2, 0.25) is 0 Å². The molecule has 2 N–H and O–H groups in total. The van der Waals surface area contributed by atoms with Gasteiger partial charge in [0, 0.05) is 0 Å². The molecule has 6 nitrogen and oxygen atoms in total. The second-order valence-electron chi connectivity index (χ2n) is 5.97. The zero-order valence-electron chi connectivity index (χ0n) is 15.1.